The maximum Gasteiger partial charge on any atom is 0.229 e. The molecule has 0 saturated heterocycles. The van der Waals surface area contributed by atoms with Crippen molar-refractivity contribution in [2.75, 3.05) is 31.8 Å². The summed E-state index contributed by atoms with van der Waals surface area (Å²) < 4.78 is 12.0. The largest absolute Gasteiger partial charge is 0.481 e. The van der Waals surface area contributed by atoms with Crippen LogP contribution in [-0.4, -0.2) is 40.3 Å². The number of anilines is 2. The third-order valence-electron chi connectivity index (χ3n) is 2.40. The van der Waals surface area contributed by atoms with Gasteiger partial charge in [-0.15, -0.1) is 0 Å². The molecule has 0 aromatic carbocycles. The van der Waals surface area contributed by atoms with Gasteiger partial charge in [0.05, 0.1) is 26.6 Å². The van der Waals surface area contributed by atoms with Crippen LogP contribution in [0.1, 0.15) is 0 Å². The molecule has 0 unspecified atom stereocenters. The van der Waals surface area contributed by atoms with E-state index in [-0.39, 0.29) is 0 Å². The van der Waals surface area contributed by atoms with Crippen LogP contribution in [-0.2, 0) is 6.54 Å². The molecule has 0 radical (unpaired) electrons. The van der Waals surface area contributed by atoms with Crippen molar-refractivity contribution in [3.8, 4) is 11.8 Å². The van der Waals surface area contributed by atoms with Gasteiger partial charge >= 0.3 is 0 Å². The van der Waals surface area contributed by atoms with Crippen molar-refractivity contribution < 1.29 is 9.47 Å². The van der Waals surface area contributed by atoms with Gasteiger partial charge in [0.25, 0.3) is 0 Å². The van der Waals surface area contributed by atoms with E-state index < -0.39 is 0 Å². The van der Waals surface area contributed by atoms with E-state index >= 15 is 0 Å². The lowest BCUT2D eigenvalue weighted by Crippen LogP contribution is -2.12. The zero-order chi connectivity index (χ0) is 13.7. The number of imidazole rings is 1. The number of methoxy groups -OCH3 is 2. The summed E-state index contributed by atoms with van der Waals surface area (Å²) in [6.45, 7) is 1.33. The molecule has 2 rings (SSSR count). The van der Waals surface area contributed by atoms with E-state index in [0.29, 0.717) is 36.6 Å². The summed E-state index contributed by atoms with van der Waals surface area (Å²) in [6, 6.07) is 1.61. The van der Waals surface area contributed by atoms with E-state index in [1.165, 1.54) is 0 Å². The predicted octanol–water partition coefficient (Wildman–Crippen LogP) is 0.385. The Morgan fingerprint density at radius 3 is 2.47 bits per heavy atom. The van der Waals surface area contributed by atoms with E-state index in [9.17, 15) is 0 Å². The normalized spacial score (nSPS) is 10.2. The first-order valence-corrected chi connectivity index (χ1v) is 5.69. The molecule has 0 aliphatic rings. The van der Waals surface area contributed by atoms with Crippen molar-refractivity contribution in [1.29, 1.82) is 0 Å². The van der Waals surface area contributed by atoms with E-state index in [1.807, 2.05) is 4.57 Å². The molecule has 0 aliphatic heterocycles. The lowest BCUT2D eigenvalue weighted by atomic mass is 10.5. The standard InChI is InChI=1S/C11H16N6O2/c1-18-9-5-10(19-2)16-11(15-9)13-3-4-17-6-8(12)14-7-17/h5-7H,3-4,12H2,1-2H3,(H,13,15,16). The maximum atomic E-state index is 5.53. The van der Waals surface area contributed by atoms with Gasteiger partial charge in [0.2, 0.25) is 17.7 Å². The van der Waals surface area contributed by atoms with Crippen LogP contribution in [0.5, 0.6) is 11.8 Å². The fourth-order valence-corrected chi connectivity index (χ4v) is 1.49. The zero-order valence-corrected chi connectivity index (χ0v) is 10.8. The van der Waals surface area contributed by atoms with Gasteiger partial charge in [-0.05, 0) is 0 Å². The molecule has 3 N–H and O–H groups in total. The van der Waals surface area contributed by atoms with Crippen LogP contribution in [0.15, 0.2) is 18.6 Å². The number of ether oxygens (including phenoxy) is 2. The fraction of sp³-hybridized carbons (Fsp3) is 0.364. The Labute approximate surface area is 110 Å². The number of aromatic nitrogens is 4. The summed E-state index contributed by atoms with van der Waals surface area (Å²) in [5.41, 5.74) is 5.53. The van der Waals surface area contributed by atoms with E-state index in [0.717, 1.165) is 0 Å². The highest BCUT2D eigenvalue weighted by Gasteiger charge is 2.04. The molecule has 0 aliphatic carbocycles. The molecule has 2 aromatic heterocycles. The first-order valence-electron chi connectivity index (χ1n) is 5.69. The van der Waals surface area contributed by atoms with Gasteiger partial charge in [-0.2, -0.15) is 9.97 Å². The SMILES string of the molecule is COc1cc(OC)nc(NCCn2cnc(N)c2)n1. The molecule has 8 nitrogen and oxygen atoms in total. The average molecular weight is 264 g/mol. The Balaban J connectivity index is 1.95. The molecule has 0 saturated carbocycles. The summed E-state index contributed by atoms with van der Waals surface area (Å²) in [7, 11) is 3.08. The van der Waals surface area contributed by atoms with Crippen molar-refractivity contribution >= 4 is 11.8 Å². The summed E-state index contributed by atoms with van der Waals surface area (Å²) in [5, 5.41) is 3.08. The number of nitrogens with two attached hydrogens (primary N) is 1. The van der Waals surface area contributed by atoms with Crippen LogP contribution in [0.2, 0.25) is 0 Å². The number of nitrogens with one attached hydrogen (secondary N) is 1. The highest BCUT2D eigenvalue weighted by Crippen LogP contribution is 2.16. The number of nitrogen functional groups attached to an aromatic ring is 1. The lowest BCUT2D eigenvalue weighted by molar-refractivity contribution is 0.373. The summed E-state index contributed by atoms with van der Waals surface area (Å²) in [6.07, 6.45) is 3.43. The zero-order valence-electron chi connectivity index (χ0n) is 10.8. The topological polar surface area (TPSA) is 100 Å². The molecular formula is C11H16N6O2. The summed E-state index contributed by atoms with van der Waals surface area (Å²) in [5.74, 6) is 1.84. The third-order valence-corrected chi connectivity index (χ3v) is 2.40. The minimum absolute atomic E-state index is 0.446. The van der Waals surface area contributed by atoms with Crippen molar-refractivity contribution in [3.63, 3.8) is 0 Å². The van der Waals surface area contributed by atoms with E-state index in [4.69, 9.17) is 15.2 Å². The van der Waals surface area contributed by atoms with E-state index in [1.54, 1.807) is 32.8 Å². The number of hydrogen-bond donors (Lipinski definition) is 2. The van der Waals surface area contributed by atoms with Crippen LogP contribution >= 0.6 is 0 Å². The molecule has 0 fully saturated rings. The minimum Gasteiger partial charge on any atom is -0.481 e. The van der Waals surface area contributed by atoms with Gasteiger partial charge in [0, 0.05) is 19.3 Å². The Morgan fingerprint density at radius 1 is 1.26 bits per heavy atom. The van der Waals surface area contributed by atoms with Gasteiger partial charge in [-0.25, -0.2) is 4.98 Å². The van der Waals surface area contributed by atoms with Crippen LogP contribution in [0.3, 0.4) is 0 Å². The van der Waals surface area contributed by atoms with Gasteiger partial charge in [-0.1, -0.05) is 0 Å². The predicted molar refractivity (Wildman–Crippen MR) is 70.3 cm³/mol. The molecule has 19 heavy (non-hydrogen) atoms. The van der Waals surface area contributed by atoms with Crippen LogP contribution < -0.4 is 20.5 Å². The summed E-state index contributed by atoms with van der Waals surface area (Å²) in [4.78, 5) is 12.3. The Bertz CT molecular complexity index is 519. The molecule has 0 amide bonds. The van der Waals surface area contributed by atoms with Crippen LogP contribution in [0.4, 0.5) is 11.8 Å². The molecule has 0 bridgehead atoms. The quantitative estimate of drug-likeness (QED) is 0.778. The Morgan fingerprint density at radius 2 is 1.95 bits per heavy atom. The maximum absolute atomic E-state index is 5.53. The second-order valence-electron chi connectivity index (χ2n) is 3.74. The molecule has 0 atom stereocenters. The van der Waals surface area contributed by atoms with E-state index in [2.05, 4.69) is 20.3 Å². The molecule has 0 spiro atoms. The highest BCUT2D eigenvalue weighted by atomic mass is 16.5. The van der Waals surface area contributed by atoms with Crippen LogP contribution in [0, 0.1) is 0 Å². The molecule has 2 aromatic rings. The Hall–Kier alpha value is -2.51. The third kappa shape index (κ3) is 3.47. The van der Waals surface area contributed by atoms with Crippen LogP contribution in [0.25, 0.3) is 0 Å². The molecular weight excluding hydrogens is 248 g/mol. The first kappa shape index (κ1) is 12.9. The molecule has 2 heterocycles. The van der Waals surface area contributed by atoms with Crippen molar-refractivity contribution in [1.82, 2.24) is 19.5 Å². The van der Waals surface area contributed by atoms with Crippen molar-refractivity contribution in [2.24, 2.45) is 0 Å². The monoisotopic (exact) mass is 264 g/mol. The molecule has 102 valence electrons. The minimum atomic E-state index is 0.446. The fourth-order valence-electron chi connectivity index (χ4n) is 1.49. The summed E-state index contributed by atoms with van der Waals surface area (Å²) >= 11 is 0. The van der Waals surface area contributed by atoms with Gasteiger partial charge in [0.1, 0.15) is 5.82 Å². The average Bonchev–Trinajstić information content (AvgIpc) is 2.84. The van der Waals surface area contributed by atoms with Gasteiger partial charge in [0.15, 0.2) is 0 Å². The number of hydrogen-bond acceptors (Lipinski definition) is 7. The van der Waals surface area contributed by atoms with Gasteiger partial charge < -0.3 is 25.1 Å². The smallest absolute Gasteiger partial charge is 0.229 e. The van der Waals surface area contributed by atoms with Gasteiger partial charge in [-0.3, -0.25) is 0 Å². The Kier molecular flexibility index (Phi) is 4.01. The number of rotatable bonds is 6. The second kappa shape index (κ2) is 5.89. The number of nitrogens with zero attached hydrogens (tertiary/aromatic N) is 4. The highest BCUT2D eigenvalue weighted by molar-refractivity contribution is 5.33. The molecule has 8 heteroatoms. The van der Waals surface area contributed by atoms with Crippen molar-refractivity contribution in [3.05, 3.63) is 18.6 Å². The lowest BCUT2D eigenvalue weighted by Gasteiger charge is -2.08. The first-order chi connectivity index (χ1) is 9.21. The second-order valence-corrected chi connectivity index (χ2v) is 3.74. The van der Waals surface area contributed by atoms with Crippen molar-refractivity contribution in [2.45, 2.75) is 6.54 Å².